The molecule has 0 saturated carbocycles. The van der Waals surface area contributed by atoms with Gasteiger partial charge in [0.2, 0.25) is 10.0 Å². The fraction of sp³-hybridized carbons (Fsp3) is 0.286. The first kappa shape index (κ1) is 26.9. The number of para-hydroxylation sites is 1. The van der Waals surface area contributed by atoms with Crippen molar-refractivity contribution < 1.29 is 18.0 Å². The van der Waals surface area contributed by atoms with E-state index in [-0.39, 0.29) is 18.4 Å². The van der Waals surface area contributed by atoms with E-state index in [1.165, 1.54) is 10.6 Å². The van der Waals surface area contributed by atoms with E-state index >= 15 is 0 Å². The van der Waals surface area contributed by atoms with E-state index in [1.54, 1.807) is 59.5 Å². The largest absolute Gasteiger partial charge is 0.339 e. The zero-order valence-corrected chi connectivity index (χ0v) is 22.2. The van der Waals surface area contributed by atoms with E-state index in [1.807, 2.05) is 39.8 Å². The van der Waals surface area contributed by atoms with Crippen LogP contribution in [0.4, 0.5) is 11.4 Å². The smallest absolute Gasteiger partial charge is 0.255 e. The van der Waals surface area contributed by atoms with E-state index in [2.05, 4.69) is 5.32 Å². The minimum atomic E-state index is -3.52. The minimum absolute atomic E-state index is 0.140. The molecule has 1 N–H and O–H groups in total. The number of rotatable bonds is 9. The van der Waals surface area contributed by atoms with Crippen LogP contribution in [0.5, 0.6) is 0 Å². The Morgan fingerprint density at radius 3 is 2.08 bits per heavy atom. The van der Waals surface area contributed by atoms with Crippen LogP contribution in [0.2, 0.25) is 0 Å². The van der Waals surface area contributed by atoms with E-state index in [9.17, 15) is 18.0 Å². The molecule has 3 aromatic carbocycles. The lowest BCUT2D eigenvalue weighted by atomic mass is 10.1. The Morgan fingerprint density at radius 2 is 1.50 bits per heavy atom. The maximum Gasteiger partial charge on any atom is 0.255 e. The SMILES string of the molecule is CCN(CC)C(=O)c1ccccc1NC(=O)c1ccc(CN(c2ccc(C)c(C)c2)S(C)(=O)=O)cc1. The van der Waals surface area contributed by atoms with Gasteiger partial charge >= 0.3 is 0 Å². The normalized spacial score (nSPS) is 11.1. The van der Waals surface area contributed by atoms with Gasteiger partial charge in [0.25, 0.3) is 11.8 Å². The Bertz CT molecular complexity index is 1350. The number of hydrogen-bond acceptors (Lipinski definition) is 4. The number of sulfonamides is 1. The van der Waals surface area contributed by atoms with Gasteiger partial charge in [-0.15, -0.1) is 0 Å². The summed E-state index contributed by atoms with van der Waals surface area (Å²) in [5.74, 6) is -0.492. The molecular formula is C28H33N3O4S. The highest BCUT2D eigenvalue weighted by molar-refractivity contribution is 7.92. The molecule has 190 valence electrons. The number of carbonyl (C=O) groups is 2. The first-order chi connectivity index (χ1) is 17.0. The lowest BCUT2D eigenvalue weighted by molar-refractivity contribution is 0.0774. The number of anilines is 2. The van der Waals surface area contributed by atoms with Gasteiger partial charge in [-0.25, -0.2) is 8.42 Å². The fourth-order valence-corrected chi connectivity index (χ4v) is 4.74. The molecule has 0 aromatic heterocycles. The average Bonchev–Trinajstić information content (AvgIpc) is 2.85. The van der Waals surface area contributed by atoms with Crippen LogP contribution in [0.15, 0.2) is 66.7 Å². The molecule has 0 heterocycles. The Labute approximate surface area is 213 Å². The molecule has 3 rings (SSSR count). The van der Waals surface area contributed by atoms with E-state index in [0.29, 0.717) is 35.6 Å². The van der Waals surface area contributed by atoms with Gasteiger partial charge in [0.1, 0.15) is 0 Å². The molecule has 36 heavy (non-hydrogen) atoms. The van der Waals surface area contributed by atoms with Gasteiger partial charge < -0.3 is 10.2 Å². The molecule has 8 heteroatoms. The van der Waals surface area contributed by atoms with Crippen LogP contribution in [-0.4, -0.2) is 44.5 Å². The quantitative estimate of drug-likeness (QED) is 0.441. The summed E-state index contributed by atoms with van der Waals surface area (Å²) >= 11 is 0. The summed E-state index contributed by atoms with van der Waals surface area (Å²) < 4.78 is 26.4. The van der Waals surface area contributed by atoms with E-state index < -0.39 is 10.0 Å². The molecule has 0 bridgehead atoms. The zero-order valence-electron chi connectivity index (χ0n) is 21.4. The first-order valence-electron chi connectivity index (χ1n) is 11.9. The first-order valence-corrected chi connectivity index (χ1v) is 13.7. The maximum atomic E-state index is 12.9. The van der Waals surface area contributed by atoms with Crippen molar-refractivity contribution in [3.8, 4) is 0 Å². The lowest BCUT2D eigenvalue weighted by Crippen LogP contribution is -2.31. The van der Waals surface area contributed by atoms with Gasteiger partial charge in [0, 0.05) is 18.7 Å². The summed E-state index contributed by atoms with van der Waals surface area (Å²) in [5, 5.41) is 2.84. The van der Waals surface area contributed by atoms with Gasteiger partial charge in [-0.3, -0.25) is 13.9 Å². The topological polar surface area (TPSA) is 86.8 Å². The standard InChI is InChI=1S/C28H33N3O4S/c1-6-30(7-2)28(33)25-10-8-9-11-26(25)29-27(32)23-15-13-22(14-16-23)19-31(36(5,34)35)24-17-12-20(3)21(4)18-24/h8-18H,6-7,19H2,1-5H3,(H,29,32). The molecule has 0 atom stereocenters. The highest BCUT2D eigenvalue weighted by Gasteiger charge is 2.20. The predicted molar refractivity (Wildman–Crippen MR) is 145 cm³/mol. The molecule has 7 nitrogen and oxygen atoms in total. The molecular weight excluding hydrogens is 474 g/mol. The average molecular weight is 508 g/mol. The van der Waals surface area contributed by atoms with Crippen molar-refractivity contribution in [3.05, 3.63) is 94.5 Å². The van der Waals surface area contributed by atoms with Crippen molar-refractivity contribution in [1.29, 1.82) is 0 Å². The molecule has 0 fully saturated rings. The monoisotopic (exact) mass is 507 g/mol. The number of hydrogen-bond donors (Lipinski definition) is 1. The predicted octanol–water partition coefficient (Wildman–Crippen LogP) is 5.00. The third kappa shape index (κ3) is 6.31. The van der Waals surface area contributed by atoms with Crippen LogP contribution in [0.3, 0.4) is 0 Å². The van der Waals surface area contributed by atoms with Gasteiger partial charge in [0.05, 0.1) is 29.7 Å². The van der Waals surface area contributed by atoms with Crippen molar-refractivity contribution in [2.75, 3.05) is 29.0 Å². The van der Waals surface area contributed by atoms with Gasteiger partial charge in [-0.1, -0.05) is 30.3 Å². The second-order valence-corrected chi connectivity index (χ2v) is 10.6. The van der Waals surface area contributed by atoms with Gasteiger partial charge in [-0.05, 0) is 80.8 Å². The highest BCUT2D eigenvalue weighted by Crippen LogP contribution is 2.24. The number of nitrogens with zero attached hydrogens (tertiary/aromatic N) is 2. The molecule has 0 aliphatic heterocycles. The second kappa shape index (κ2) is 11.4. The number of amides is 2. The third-order valence-corrected chi connectivity index (χ3v) is 7.32. The highest BCUT2D eigenvalue weighted by atomic mass is 32.2. The van der Waals surface area contributed by atoms with Crippen LogP contribution in [0, 0.1) is 13.8 Å². The lowest BCUT2D eigenvalue weighted by Gasteiger charge is -2.23. The molecule has 0 aliphatic rings. The van der Waals surface area contributed by atoms with Crippen LogP contribution in [0.25, 0.3) is 0 Å². The van der Waals surface area contributed by atoms with E-state index in [4.69, 9.17) is 0 Å². The van der Waals surface area contributed by atoms with Crippen molar-refractivity contribution >= 4 is 33.2 Å². The van der Waals surface area contributed by atoms with Gasteiger partial charge in [0.15, 0.2) is 0 Å². The molecule has 0 aliphatic carbocycles. The van der Waals surface area contributed by atoms with Crippen LogP contribution < -0.4 is 9.62 Å². The van der Waals surface area contributed by atoms with Crippen molar-refractivity contribution in [1.82, 2.24) is 4.90 Å². The number of nitrogens with one attached hydrogen (secondary N) is 1. The molecule has 2 amide bonds. The Morgan fingerprint density at radius 1 is 0.861 bits per heavy atom. The van der Waals surface area contributed by atoms with Crippen molar-refractivity contribution in [3.63, 3.8) is 0 Å². The van der Waals surface area contributed by atoms with Gasteiger partial charge in [-0.2, -0.15) is 0 Å². The fourth-order valence-electron chi connectivity index (χ4n) is 3.86. The van der Waals surface area contributed by atoms with Crippen LogP contribution in [0.1, 0.15) is 51.3 Å². The molecule has 3 aromatic rings. The summed E-state index contributed by atoms with van der Waals surface area (Å²) in [6, 6.07) is 19.3. The summed E-state index contributed by atoms with van der Waals surface area (Å²) in [6.07, 6.45) is 1.18. The number of benzene rings is 3. The zero-order chi connectivity index (χ0) is 26.5. The molecule has 0 spiro atoms. The molecule has 0 radical (unpaired) electrons. The van der Waals surface area contributed by atoms with Crippen molar-refractivity contribution in [2.45, 2.75) is 34.2 Å². The summed E-state index contributed by atoms with van der Waals surface area (Å²) in [5.41, 5.74) is 4.71. The Balaban J connectivity index is 1.79. The molecule has 0 saturated heterocycles. The summed E-state index contributed by atoms with van der Waals surface area (Å²) in [4.78, 5) is 27.5. The number of aryl methyl sites for hydroxylation is 2. The van der Waals surface area contributed by atoms with Crippen LogP contribution >= 0.6 is 0 Å². The number of carbonyl (C=O) groups excluding carboxylic acids is 2. The van der Waals surface area contributed by atoms with Crippen LogP contribution in [-0.2, 0) is 16.6 Å². The summed E-state index contributed by atoms with van der Waals surface area (Å²) in [6.45, 7) is 9.04. The Hall–Kier alpha value is -3.65. The second-order valence-electron chi connectivity index (χ2n) is 8.71. The Kier molecular flexibility index (Phi) is 8.53. The third-order valence-electron chi connectivity index (χ3n) is 6.18. The maximum absolute atomic E-state index is 12.9. The van der Waals surface area contributed by atoms with E-state index in [0.717, 1.165) is 16.7 Å². The van der Waals surface area contributed by atoms with Crippen molar-refractivity contribution in [2.24, 2.45) is 0 Å². The summed E-state index contributed by atoms with van der Waals surface area (Å²) in [7, 11) is -3.52. The minimum Gasteiger partial charge on any atom is -0.339 e. The molecule has 0 unspecified atom stereocenters.